The molecule has 0 saturated heterocycles. The lowest BCUT2D eigenvalue weighted by Crippen LogP contribution is -2.39. The molecule has 4 atom stereocenters. The zero-order valence-corrected chi connectivity index (χ0v) is 10.2. The first-order chi connectivity index (χ1) is 7.68. The third-order valence-corrected chi connectivity index (χ3v) is 4.45. The molecule has 2 fully saturated rings. The summed E-state index contributed by atoms with van der Waals surface area (Å²) in [6, 6.07) is 0.307. The maximum absolute atomic E-state index is 12.0. The van der Waals surface area contributed by atoms with E-state index in [1.54, 1.807) is 0 Å². The van der Waals surface area contributed by atoms with Gasteiger partial charge in [0.05, 0.1) is 0 Å². The second-order valence-corrected chi connectivity index (χ2v) is 5.61. The molecular formula is C13H24N2O. The summed E-state index contributed by atoms with van der Waals surface area (Å²) < 4.78 is 0. The van der Waals surface area contributed by atoms with E-state index in [1.165, 1.54) is 25.7 Å². The van der Waals surface area contributed by atoms with E-state index >= 15 is 0 Å². The first-order valence-corrected chi connectivity index (χ1v) is 6.71. The highest BCUT2D eigenvalue weighted by molar-refractivity contribution is 5.79. The van der Waals surface area contributed by atoms with Crippen LogP contribution in [0, 0.1) is 17.8 Å². The molecule has 0 aromatic heterocycles. The van der Waals surface area contributed by atoms with Gasteiger partial charge >= 0.3 is 0 Å². The van der Waals surface area contributed by atoms with Gasteiger partial charge in [-0.3, -0.25) is 4.79 Å². The van der Waals surface area contributed by atoms with Crippen LogP contribution in [-0.2, 0) is 4.79 Å². The molecule has 0 aliphatic heterocycles. The molecule has 0 spiro atoms. The van der Waals surface area contributed by atoms with Crippen molar-refractivity contribution in [1.29, 1.82) is 0 Å². The molecule has 1 amide bonds. The van der Waals surface area contributed by atoms with E-state index in [0.717, 1.165) is 19.4 Å². The van der Waals surface area contributed by atoms with Crippen molar-refractivity contribution in [3.05, 3.63) is 0 Å². The second kappa shape index (κ2) is 5.17. The van der Waals surface area contributed by atoms with Crippen LogP contribution >= 0.6 is 0 Å². The number of hydrogen-bond donors (Lipinski definition) is 2. The van der Waals surface area contributed by atoms with Crippen LogP contribution in [0.3, 0.4) is 0 Å². The molecule has 0 aromatic rings. The quantitative estimate of drug-likeness (QED) is 0.766. The van der Waals surface area contributed by atoms with Gasteiger partial charge in [-0.1, -0.05) is 19.8 Å². The van der Waals surface area contributed by atoms with Crippen molar-refractivity contribution in [3.8, 4) is 0 Å². The normalized spacial score (nSPS) is 38.9. The molecule has 3 N–H and O–H groups in total. The summed E-state index contributed by atoms with van der Waals surface area (Å²) >= 11 is 0. The highest BCUT2D eigenvalue weighted by atomic mass is 16.1. The number of nitrogens with two attached hydrogens (primary N) is 1. The molecule has 2 aliphatic carbocycles. The molecule has 16 heavy (non-hydrogen) atoms. The van der Waals surface area contributed by atoms with E-state index in [0.29, 0.717) is 17.9 Å². The van der Waals surface area contributed by atoms with E-state index in [1.807, 2.05) is 0 Å². The van der Waals surface area contributed by atoms with Gasteiger partial charge in [0.2, 0.25) is 5.91 Å². The number of carbonyl (C=O) groups excluding carboxylic acids is 1. The van der Waals surface area contributed by atoms with Gasteiger partial charge in [-0.25, -0.2) is 0 Å². The summed E-state index contributed by atoms with van der Waals surface area (Å²) in [5, 5.41) is 3.11. The van der Waals surface area contributed by atoms with Crippen LogP contribution < -0.4 is 11.1 Å². The standard InChI is InChI=1S/C13H24N2O/c1-9-4-2-6-11(9)13(16)15-8-10-5-3-7-12(10)14/h9-12H,2-8,14H2,1H3,(H,15,16). The number of rotatable bonds is 3. The summed E-state index contributed by atoms with van der Waals surface area (Å²) in [6.07, 6.45) is 7.02. The Morgan fingerprint density at radius 3 is 2.56 bits per heavy atom. The van der Waals surface area contributed by atoms with Crippen LogP contribution in [-0.4, -0.2) is 18.5 Å². The minimum Gasteiger partial charge on any atom is -0.356 e. The van der Waals surface area contributed by atoms with Gasteiger partial charge in [0.1, 0.15) is 0 Å². The average Bonchev–Trinajstić information content (AvgIpc) is 2.84. The lowest BCUT2D eigenvalue weighted by Gasteiger charge is -2.19. The van der Waals surface area contributed by atoms with Crippen molar-refractivity contribution in [1.82, 2.24) is 5.32 Å². The van der Waals surface area contributed by atoms with Gasteiger partial charge in [-0.05, 0) is 37.5 Å². The highest BCUT2D eigenvalue weighted by Gasteiger charge is 2.31. The van der Waals surface area contributed by atoms with Crippen molar-refractivity contribution in [2.45, 2.75) is 51.5 Å². The SMILES string of the molecule is CC1CCCC1C(=O)NCC1CCCC1N. The maximum atomic E-state index is 12.0. The Morgan fingerprint density at radius 1 is 1.25 bits per heavy atom. The van der Waals surface area contributed by atoms with Crippen molar-refractivity contribution < 1.29 is 4.79 Å². The smallest absolute Gasteiger partial charge is 0.223 e. The largest absolute Gasteiger partial charge is 0.356 e. The summed E-state index contributed by atoms with van der Waals surface area (Å²) in [4.78, 5) is 12.0. The van der Waals surface area contributed by atoms with Gasteiger partial charge in [0.25, 0.3) is 0 Å². The Morgan fingerprint density at radius 2 is 2.00 bits per heavy atom. The molecule has 0 aromatic carbocycles. The summed E-state index contributed by atoms with van der Waals surface area (Å²) in [5.41, 5.74) is 5.99. The van der Waals surface area contributed by atoms with E-state index in [2.05, 4.69) is 12.2 Å². The molecule has 0 bridgehead atoms. The van der Waals surface area contributed by atoms with E-state index in [-0.39, 0.29) is 11.8 Å². The van der Waals surface area contributed by atoms with Crippen molar-refractivity contribution in [3.63, 3.8) is 0 Å². The molecule has 0 heterocycles. The average molecular weight is 224 g/mol. The van der Waals surface area contributed by atoms with Crippen molar-refractivity contribution in [2.24, 2.45) is 23.5 Å². The molecule has 92 valence electrons. The molecule has 2 aliphatic rings. The third kappa shape index (κ3) is 2.57. The Kier molecular flexibility index (Phi) is 3.85. The Balaban J connectivity index is 1.75. The van der Waals surface area contributed by atoms with E-state index in [9.17, 15) is 4.79 Å². The molecule has 2 rings (SSSR count). The highest BCUT2D eigenvalue weighted by Crippen LogP contribution is 2.31. The fraction of sp³-hybridized carbons (Fsp3) is 0.923. The molecule has 4 unspecified atom stereocenters. The molecule has 3 heteroatoms. The number of amides is 1. The first kappa shape index (κ1) is 11.9. The van der Waals surface area contributed by atoms with Crippen molar-refractivity contribution in [2.75, 3.05) is 6.54 Å². The zero-order chi connectivity index (χ0) is 11.5. The lowest BCUT2D eigenvalue weighted by atomic mass is 9.96. The van der Waals surface area contributed by atoms with Gasteiger partial charge in [-0.2, -0.15) is 0 Å². The first-order valence-electron chi connectivity index (χ1n) is 6.71. The maximum Gasteiger partial charge on any atom is 0.223 e. The van der Waals surface area contributed by atoms with Gasteiger partial charge in [0.15, 0.2) is 0 Å². The van der Waals surface area contributed by atoms with Gasteiger partial charge < -0.3 is 11.1 Å². The number of hydrogen-bond acceptors (Lipinski definition) is 2. The van der Waals surface area contributed by atoms with Crippen LogP contribution in [0.5, 0.6) is 0 Å². The van der Waals surface area contributed by atoms with Crippen LogP contribution in [0.25, 0.3) is 0 Å². The summed E-state index contributed by atoms with van der Waals surface area (Å²) in [7, 11) is 0. The Hall–Kier alpha value is -0.570. The minimum absolute atomic E-state index is 0.262. The fourth-order valence-electron chi connectivity index (χ4n) is 3.22. The predicted molar refractivity (Wildman–Crippen MR) is 64.8 cm³/mol. The van der Waals surface area contributed by atoms with E-state index < -0.39 is 0 Å². The van der Waals surface area contributed by atoms with Crippen molar-refractivity contribution >= 4 is 5.91 Å². The molecule has 2 saturated carbocycles. The second-order valence-electron chi connectivity index (χ2n) is 5.61. The number of nitrogens with one attached hydrogen (secondary N) is 1. The van der Waals surface area contributed by atoms with Crippen LogP contribution in [0.4, 0.5) is 0 Å². The third-order valence-electron chi connectivity index (χ3n) is 4.45. The lowest BCUT2D eigenvalue weighted by molar-refractivity contribution is -0.126. The topological polar surface area (TPSA) is 55.1 Å². The fourth-order valence-corrected chi connectivity index (χ4v) is 3.22. The summed E-state index contributed by atoms with van der Waals surface area (Å²) in [5.74, 6) is 1.61. The number of carbonyl (C=O) groups is 1. The molecule has 0 radical (unpaired) electrons. The van der Waals surface area contributed by atoms with E-state index in [4.69, 9.17) is 5.73 Å². The molecule has 3 nitrogen and oxygen atoms in total. The predicted octanol–water partition coefficient (Wildman–Crippen LogP) is 1.67. The minimum atomic E-state index is 0.262. The van der Waals surface area contributed by atoms with Gasteiger partial charge in [0, 0.05) is 18.5 Å². The van der Waals surface area contributed by atoms with Crippen LogP contribution in [0.1, 0.15) is 45.4 Å². The van der Waals surface area contributed by atoms with Gasteiger partial charge in [-0.15, -0.1) is 0 Å². The summed E-state index contributed by atoms with van der Waals surface area (Å²) in [6.45, 7) is 2.99. The van der Waals surface area contributed by atoms with Crippen LogP contribution in [0.2, 0.25) is 0 Å². The monoisotopic (exact) mass is 224 g/mol. The Labute approximate surface area is 98.2 Å². The Bertz CT molecular complexity index is 254. The van der Waals surface area contributed by atoms with Crippen LogP contribution in [0.15, 0.2) is 0 Å². The molecular weight excluding hydrogens is 200 g/mol. The zero-order valence-electron chi connectivity index (χ0n) is 10.2.